The lowest BCUT2D eigenvalue weighted by Crippen LogP contribution is -2.17. The average Bonchev–Trinajstić information content (AvgIpc) is 2.37. The van der Waals surface area contributed by atoms with Gasteiger partial charge in [0, 0.05) is 11.3 Å². The van der Waals surface area contributed by atoms with Crippen LogP contribution in [0.25, 0.3) is 0 Å². The van der Waals surface area contributed by atoms with Gasteiger partial charge in [-0.05, 0) is 36.1 Å². The fourth-order valence-corrected chi connectivity index (χ4v) is 2.49. The number of halogens is 2. The maximum absolute atomic E-state index is 13.9. The second-order valence-electron chi connectivity index (χ2n) is 6.30. The van der Waals surface area contributed by atoms with Gasteiger partial charge in [-0.25, -0.2) is 8.78 Å². The largest absolute Gasteiger partial charge is 0.378 e. The Hall–Kier alpha value is -1.90. The lowest BCUT2D eigenvalue weighted by atomic mass is 9.85. The molecule has 0 aliphatic rings. The first kappa shape index (κ1) is 15.5. The summed E-state index contributed by atoms with van der Waals surface area (Å²) in [6, 6.07) is 11.4. The molecule has 21 heavy (non-hydrogen) atoms. The first-order chi connectivity index (χ1) is 9.80. The van der Waals surface area contributed by atoms with Crippen LogP contribution in [0.4, 0.5) is 14.5 Å². The minimum Gasteiger partial charge on any atom is -0.378 e. The second kappa shape index (κ2) is 5.84. The van der Waals surface area contributed by atoms with E-state index in [1.54, 1.807) is 6.92 Å². The van der Waals surface area contributed by atoms with Gasteiger partial charge in [0.1, 0.15) is 11.6 Å². The Morgan fingerprint density at radius 1 is 0.905 bits per heavy atom. The van der Waals surface area contributed by atoms with Crippen LogP contribution < -0.4 is 5.32 Å². The third-order valence-electron chi connectivity index (χ3n) is 3.54. The molecule has 2 aromatic carbocycles. The van der Waals surface area contributed by atoms with Gasteiger partial charge in [0.05, 0.1) is 6.04 Å². The van der Waals surface area contributed by atoms with Gasteiger partial charge in [0.15, 0.2) is 0 Å². The van der Waals surface area contributed by atoms with E-state index in [1.807, 2.05) is 24.3 Å². The van der Waals surface area contributed by atoms with Crippen molar-refractivity contribution >= 4 is 5.69 Å². The molecule has 1 nitrogen and oxygen atoms in total. The van der Waals surface area contributed by atoms with Crippen LogP contribution >= 0.6 is 0 Å². The minimum absolute atomic E-state index is 0.0446. The summed E-state index contributed by atoms with van der Waals surface area (Å²) in [6.45, 7) is 8.10. The fraction of sp³-hybridized carbons (Fsp3) is 0.333. The Kier molecular flexibility index (Phi) is 4.31. The molecule has 1 unspecified atom stereocenters. The van der Waals surface area contributed by atoms with E-state index in [4.69, 9.17) is 0 Å². The molecule has 0 heterocycles. The molecule has 1 atom stereocenters. The van der Waals surface area contributed by atoms with Crippen LogP contribution in [0, 0.1) is 11.6 Å². The molecule has 112 valence electrons. The number of benzene rings is 2. The summed E-state index contributed by atoms with van der Waals surface area (Å²) in [5.74, 6) is -1.05. The highest BCUT2D eigenvalue weighted by atomic mass is 19.1. The summed E-state index contributed by atoms with van der Waals surface area (Å²) >= 11 is 0. The molecule has 0 amide bonds. The number of nitrogens with one attached hydrogen (secondary N) is 1. The van der Waals surface area contributed by atoms with Crippen molar-refractivity contribution in [1.82, 2.24) is 0 Å². The van der Waals surface area contributed by atoms with E-state index in [0.29, 0.717) is 0 Å². The number of hydrogen-bond donors (Lipinski definition) is 1. The van der Waals surface area contributed by atoms with Gasteiger partial charge in [-0.2, -0.15) is 0 Å². The summed E-state index contributed by atoms with van der Waals surface area (Å²) in [7, 11) is 0. The third kappa shape index (κ3) is 3.41. The molecule has 2 aromatic rings. The molecule has 0 saturated carbocycles. The van der Waals surface area contributed by atoms with E-state index in [-0.39, 0.29) is 11.0 Å². The van der Waals surface area contributed by atoms with Gasteiger partial charge in [-0.3, -0.25) is 0 Å². The van der Waals surface area contributed by atoms with Crippen molar-refractivity contribution in [2.24, 2.45) is 0 Å². The molecule has 0 aliphatic carbocycles. The van der Waals surface area contributed by atoms with Crippen molar-refractivity contribution in [2.45, 2.75) is 39.2 Å². The smallest absolute Gasteiger partial charge is 0.131 e. The third-order valence-corrected chi connectivity index (χ3v) is 3.54. The molecule has 0 aliphatic heterocycles. The van der Waals surface area contributed by atoms with Gasteiger partial charge in [0.2, 0.25) is 0 Å². The maximum Gasteiger partial charge on any atom is 0.131 e. The highest BCUT2D eigenvalue weighted by Crippen LogP contribution is 2.32. The molecular weight excluding hydrogens is 268 g/mol. The zero-order valence-corrected chi connectivity index (χ0v) is 12.9. The van der Waals surface area contributed by atoms with E-state index in [0.717, 1.165) is 11.3 Å². The molecule has 0 bridgehead atoms. The van der Waals surface area contributed by atoms with Crippen molar-refractivity contribution in [3.05, 3.63) is 65.2 Å². The van der Waals surface area contributed by atoms with Crippen molar-refractivity contribution in [3.8, 4) is 0 Å². The molecule has 1 N–H and O–H groups in total. The van der Waals surface area contributed by atoms with Crippen LogP contribution in [0.3, 0.4) is 0 Å². The van der Waals surface area contributed by atoms with Crippen LogP contribution in [-0.4, -0.2) is 0 Å². The van der Waals surface area contributed by atoms with E-state index in [2.05, 4.69) is 26.1 Å². The Bertz CT molecular complexity index is 609. The minimum atomic E-state index is -0.525. The van der Waals surface area contributed by atoms with Crippen molar-refractivity contribution in [1.29, 1.82) is 0 Å². The van der Waals surface area contributed by atoms with Gasteiger partial charge >= 0.3 is 0 Å². The topological polar surface area (TPSA) is 12.0 Å². The standard InChI is InChI=1S/C18H21F2N/c1-12(17-14(19)9-7-10-15(17)20)21-16-11-6-5-8-13(16)18(2,3)4/h5-12,21H,1-4H3. The van der Waals surface area contributed by atoms with E-state index in [9.17, 15) is 8.78 Å². The van der Waals surface area contributed by atoms with E-state index >= 15 is 0 Å². The molecule has 0 saturated heterocycles. The molecule has 0 radical (unpaired) electrons. The van der Waals surface area contributed by atoms with Crippen molar-refractivity contribution in [3.63, 3.8) is 0 Å². The van der Waals surface area contributed by atoms with E-state index in [1.165, 1.54) is 18.2 Å². The van der Waals surface area contributed by atoms with Crippen LogP contribution in [0.15, 0.2) is 42.5 Å². The van der Waals surface area contributed by atoms with Gasteiger partial charge in [-0.1, -0.05) is 45.0 Å². The van der Waals surface area contributed by atoms with Crippen LogP contribution in [0.5, 0.6) is 0 Å². The molecule has 0 spiro atoms. The SMILES string of the molecule is CC(Nc1ccccc1C(C)(C)C)c1c(F)cccc1F. The quantitative estimate of drug-likeness (QED) is 0.793. The molecule has 3 heteroatoms. The summed E-state index contributed by atoms with van der Waals surface area (Å²) in [6.07, 6.45) is 0. The molecular formula is C18H21F2N. The second-order valence-corrected chi connectivity index (χ2v) is 6.30. The van der Waals surface area contributed by atoms with Crippen molar-refractivity contribution < 1.29 is 8.78 Å². The number of hydrogen-bond acceptors (Lipinski definition) is 1. The van der Waals surface area contributed by atoms with Gasteiger partial charge < -0.3 is 5.32 Å². The van der Waals surface area contributed by atoms with Crippen LogP contribution in [0.2, 0.25) is 0 Å². The number of anilines is 1. The Morgan fingerprint density at radius 3 is 2.05 bits per heavy atom. The lowest BCUT2D eigenvalue weighted by molar-refractivity contribution is 0.543. The Labute approximate surface area is 125 Å². The monoisotopic (exact) mass is 289 g/mol. The van der Waals surface area contributed by atoms with Crippen LogP contribution in [0.1, 0.15) is 44.9 Å². The normalized spacial score (nSPS) is 13.0. The predicted molar refractivity (Wildman–Crippen MR) is 83.5 cm³/mol. The highest BCUT2D eigenvalue weighted by Gasteiger charge is 2.21. The predicted octanol–water partition coefficient (Wildman–Crippen LogP) is 5.44. The summed E-state index contributed by atoms with van der Waals surface area (Å²) < 4.78 is 27.7. The fourth-order valence-electron chi connectivity index (χ4n) is 2.49. The number of rotatable bonds is 3. The zero-order valence-electron chi connectivity index (χ0n) is 12.9. The summed E-state index contributed by atoms with van der Waals surface area (Å²) in [4.78, 5) is 0. The molecule has 0 aromatic heterocycles. The summed E-state index contributed by atoms with van der Waals surface area (Å²) in [5.41, 5.74) is 2.05. The molecule has 0 fully saturated rings. The number of para-hydroxylation sites is 1. The Balaban J connectivity index is 2.35. The highest BCUT2D eigenvalue weighted by molar-refractivity contribution is 5.55. The first-order valence-electron chi connectivity index (χ1n) is 7.10. The first-order valence-corrected chi connectivity index (χ1v) is 7.10. The maximum atomic E-state index is 13.9. The molecule has 2 rings (SSSR count). The van der Waals surface area contributed by atoms with E-state index < -0.39 is 17.7 Å². The zero-order chi connectivity index (χ0) is 15.6. The Morgan fingerprint density at radius 2 is 1.48 bits per heavy atom. The van der Waals surface area contributed by atoms with Gasteiger partial charge in [-0.15, -0.1) is 0 Å². The van der Waals surface area contributed by atoms with Gasteiger partial charge in [0.25, 0.3) is 0 Å². The van der Waals surface area contributed by atoms with Crippen LogP contribution in [-0.2, 0) is 5.41 Å². The lowest BCUT2D eigenvalue weighted by Gasteiger charge is -2.26. The van der Waals surface area contributed by atoms with Crippen molar-refractivity contribution in [2.75, 3.05) is 5.32 Å². The summed E-state index contributed by atoms with van der Waals surface area (Å²) in [5, 5.41) is 3.23. The average molecular weight is 289 g/mol.